The van der Waals surface area contributed by atoms with Gasteiger partial charge in [-0.2, -0.15) is 0 Å². The second-order valence-electron chi connectivity index (χ2n) is 13.2. The maximum atomic E-state index is 13.2. The molecule has 3 rings (SSSR count). The maximum absolute atomic E-state index is 13.2. The highest BCUT2D eigenvalue weighted by Crippen LogP contribution is 2.38. The number of fused-ring (bicyclic) bond motifs is 1. The van der Waals surface area contributed by atoms with E-state index in [9.17, 15) is 28.2 Å². The Morgan fingerprint density at radius 2 is 1.65 bits per heavy atom. The third kappa shape index (κ3) is 11.8. The number of hydrogen-bond acceptors (Lipinski definition) is 9. The van der Waals surface area contributed by atoms with Crippen LogP contribution in [-0.2, 0) is 16.0 Å². The zero-order chi connectivity index (χ0) is 34.3. The van der Waals surface area contributed by atoms with Crippen LogP contribution in [0.1, 0.15) is 72.3 Å². The lowest BCUT2D eigenvalue weighted by atomic mass is 9.80. The Morgan fingerprint density at radius 1 is 0.957 bits per heavy atom. The molecule has 0 fully saturated rings. The lowest BCUT2D eigenvalue weighted by Crippen LogP contribution is -2.50. The lowest BCUT2D eigenvalue weighted by molar-refractivity contribution is -0.274. The number of halogens is 3. The van der Waals surface area contributed by atoms with Crippen LogP contribution in [0.4, 0.5) is 13.2 Å². The fourth-order valence-electron chi connectivity index (χ4n) is 5.05. The standard InChI is InChI=1S/C34H47F3N2O7/c1-6-7-8-9-21-10-13-26(30(14-21)46-34(35,36)37)29-15-22-11-12-25(17-28(22)45-29)43-19-23(40)16-24(41)20-44-31(42)27(33(4,5)39)18-32(2,3)38/h10-15,17,23-24,27,40-41H,6-9,16,18-20,38-39H2,1-5H3. The third-order valence-electron chi connectivity index (χ3n) is 7.42. The van der Waals surface area contributed by atoms with Crippen LogP contribution in [0.3, 0.4) is 0 Å². The molecule has 12 heteroatoms. The van der Waals surface area contributed by atoms with Gasteiger partial charge in [-0.15, -0.1) is 13.2 Å². The predicted octanol–water partition coefficient (Wildman–Crippen LogP) is 6.25. The van der Waals surface area contributed by atoms with Crippen LogP contribution < -0.4 is 20.9 Å². The molecule has 3 aromatic rings. The molecule has 0 amide bonds. The second-order valence-corrected chi connectivity index (χ2v) is 13.2. The Balaban J connectivity index is 1.62. The van der Waals surface area contributed by atoms with Gasteiger partial charge in [0.1, 0.15) is 36.1 Å². The van der Waals surface area contributed by atoms with Gasteiger partial charge in [-0.05, 0) is 82.9 Å². The largest absolute Gasteiger partial charge is 0.573 e. The molecule has 0 spiro atoms. The van der Waals surface area contributed by atoms with E-state index in [2.05, 4.69) is 11.7 Å². The topological polar surface area (TPSA) is 150 Å². The lowest BCUT2D eigenvalue weighted by Gasteiger charge is -2.33. The molecule has 0 saturated heterocycles. The number of esters is 1. The van der Waals surface area contributed by atoms with Gasteiger partial charge in [0.2, 0.25) is 0 Å². The Morgan fingerprint density at radius 3 is 2.28 bits per heavy atom. The summed E-state index contributed by atoms with van der Waals surface area (Å²) < 4.78 is 60.9. The first kappa shape index (κ1) is 37.1. The quantitative estimate of drug-likeness (QED) is 0.0981. The number of nitrogens with two attached hydrogens (primary N) is 2. The highest BCUT2D eigenvalue weighted by molar-refractivity contribution is 5.85. The molecular weight excluding hydrogens is 605 g/mol. The first-order valence-electron chi connectivity index (χ1n) is 15.5. The number of aliphatic hydroxyl groups excluding tert-OH is 2. The number of furan rings is 1. The molecular formula is C34H47F3N2O7. The van der Waals surface area contributed by atoms with Crippen molar-refractivity contribution in [2.75, 3.05) is 13.2 Å². The number of rotatable bonds is 17. The van der Waals surface area contributed by atoms with Gasteiger partial charge in [0.25, 0.3) is 0 Å². The summed E-state index contributed by atoms with van der Waals surface area (Å²) in [4.78, 5) is 12.7. The van der Waals surface area contributed by atoms with Crippen molar-refractivity contribution in [1.82, 2.24) is 0 Å². The monoisotopic (exact) mass is 652 g/mol. The average Bonchev–Trinajstić information content (AvgIpc) is 3.35. The summed E-state index contributed by atoms with van der Waals surface area (Å²) in [5.74, 6) is -1.08. The van der Waals surface area contributed by atoms with E-state index in [0.29, 0.717) is 23.1 Å². The van der Waals surface area contributed by atoms with Gasteiger partial charge in [-0.1, -0.05) is 25.8 Å². The average molecular weight is 653 g/mol. The zero-order valence-electron chi connectivity index (χ0n) is 27.2. The van der Waals surface area contributed by atoms with Crippen LogP contribution in [0, 0.1) is 5.92 Å². The second kappa shape index (κ2) is 15.5. The van der Waals surface area contributed by atoms with Crippen molar-refractivity contribution in [3.8, 4) is 22.8 Å². The molecule has 0 aliphatic rings. The molecule has 1 aromatic heterocycles. The maximum Gasteiger partial charge on any atom is 0.573 e. The number of benzene rings is 2. The molecule has 2 aromatic carbocycles. The van der Waals surface area contributed by atoms with Gasteiger partial charge in [0.15, 0.2) is 0 Å². The molecule has 6 N–H and O–H groups in total. The Labute approximate surface area is 268 Å². The fourth-order valence-corrected chi connectivity index (χ4v) is 5.05. The molecule has 46 heavy (non-hydrogen) atoms. The Hall–Kier alpha value is -3.32. The van der Waals surface area contributed by atoms with Crippen LogP contribution in [0.15, 0.2) is 46.9 Å². The van der Waals surface area contributed by atoms with Gasteiger partial charge in [0, 0.05) is 29.0 Å². The number of hydrogen-bond donors (Lipinski definition) is 4. The molecule has 9 nitrogen and oxygen atoms in total. The van der Waals surface area contributed by atoms with E-state index in [4.69, 9.17) is 25.4 Å². The number of carbonyl (C=O) groups excluding carboxylic acids is 1. The van der Waals surface area contributed by atoms with Gasteiger partial charge in [-0.3, -0.25) is 4.79 Å². The van der Waals surface area contributed by atoms with Crippen molar-refractivity contribution < 1.29 is 46.8 Å². The zero-order valence-corrected chi connectivity index (χ0v) is 27.2. The number of carbonyl (C=O) groups is 1. The SMILES string of the molecule is CCCCCc1ccc(-c2cc3ccc(OCC(O)CC(O)COC(=O)C(CC(C)(C)N)C(C)(C)N)cc3o2)c(OC(F)(F)F)c1. The number of aliphatic hydroxyl groups is 2. The molecule has 0 saturated carbocycles. The molecule has 0 radical (unpaired) electrons. The van der Waals surface area contributed by atoms with E-state index in [1.54, 1.807) is 64.1 Å². The molecule has 0 aliphatic heterocycles. The van der Waals surface area contributed by atoms with Crippen molar-refractivity contribution in [3.63, 3.8) is 0 Å². The summed E-state index contributed by atoms with van der Waals surface area (Å²) in [5.41, 5.74) is 11.9. The normalized spacial score (nSPS) is 14.6. The number of unbranched alkanes of at least 4 members (excludes halogenated alkanes) is 2. The highest BCUT2D eigenvalue weighted by Gasteiger charge is 2.37. The number of alkyl halides is 3. The van der Waals surface area contributed by atoms with E-state index in [1.165, 1.54) is 6.07 Å². The van der Waals surface area contributed by atoms with Gasteiger partial charge < -0.3 is 40.3 Å². The van der Waals surface area contributed by atoms with Crippen molar-refractivity contribution in [3.05, 3.63) is 48.0 Å². The Bertz CT molecular complexity index is 1430. The van der Waals surface area contributed by atoms with Gasteiger partial charge >= 0.3 is 12.3 Å². The first-order valence-corrected chi connectivity index (χ1v) is 15.5. The van der Waals surface area contributed by atoms with Crippen molar-refractivity contribution in [1.29, 1.82) is 0 Å². The summed E-state index contributed by atoms with van der Waals surface area (Å²) in [5, 5.41) is 21.4. The van der Waals surface area contributed by atoms with Crippen LogP contribution in [0.5, 0.6) is 11.5 Å². The molecule has 0 bridgehead atoms. The van der Waals surface area contributed by atoms with E-state index < -0.39 is 41.5 Å². The summed E-state index contributed by atoms with van der Waals surface area (Å²) in [6, 6.07) is 11.2. The van der Waals surface area contributed by atoms with Gasteiger partial charge in [0.05, 0.1) is 23.7 Å². The molecule has 1 heterocycles. The predicted molar refractivity (Wildman–Crippen MR) is 169 cm³/mol. The first-order chi connectivity index (χ1) is 21.3. The fraction of sp³-hybridized carbons (Fsp3) is 0.559. The Kier molecular flexibility index (Phi) is 12.5. The van der Waals surface area contributed by atoms with Gasteiger partial charge in [-0.25, -0.2) is 0 Å². The highest BCUT2D eigenvalue weighted by atomic mass is 19.4. The summed E-state index contributed by atoms with van der Waals surface area (Å²) >= 11 is 0. The molecule has 3 atom stereocenters. The van der Waals surface area contributed by atoms with Crippen LogP contribution in [0.2, 0.25) is 0 Å². The summed E-state index contributed by atoms with van der Waals surface area (Å²) in [6.45, 7) is 8.50. The minimum atomic E-state index is -4.87. The number of aryl methyl sites for hydroxylation is 1. The number of ether oxygens (including phenoxy) is 3. The smallest absolute Gasteiger partial charge is 0.491 e. The van der Waals surface area contributed by atoms with Crippen LogP contribution in [-0.4, -0.2) is 59.0 Å². The van der Waals surface area contributed by atoms with E-state index in [1.807, 2.05) is 0 Å². The molecule has 0 aliphatic carbocycles. The molecule has 3 unspecified atom stereocenters. The summed E-state index contributed by atoms with van der Waals surface area (Å²) in [7, 11) is 0. The van der Waals surface area contributed by atoms with Crippen molar-refractivity contribution >= 4 is 16.9 Å². The minimum Gasteiger partial charge on any atom is -0.491 e. The molecule has 256 valence electrons. The summed E-state index contributed by atoms with van der Waals surface area (Å²) in [6.07, 6.45) is -3.50. The van der Waals surface area contributed by atoms with E-state index in [-0.39, 0.29) is 43.1 Å². The third-order valence-corrected chi connectivity index (χ3v) is 7.42. The minimum absolute atomic E-state index is 0.129. The van der Waals surface area contributed by atoms with Crippen LogP contribution in [0.25, 0.3) is 22.3 Å². The van der Waals surface area contributed by atoms with E-state index in [0.717, 1.165) is 24.8 Å². The van der Waals surface area contributed by atoms with E-state index >= 15 is 0 Å². The van der Waals surface area contributed by atoms with Crippen molar-refractivity contribution in [2.45, 2.75) is 103 Å². The van der Waals surface area contributed by atoms with Crippen LogP contribution >= 0.6 is 0 Å². The van der Waals surface area contributed by atoms with Crippen molar-refractivity contribution in [2.24, 2.45) is 17.4 Å².